The predicted octanol–water partition coefficient (Wildman–Crippen LogP) is 3.87. The van der Waals surface area contributed by atoms with Crippen LogP contribution in [-0.2, 0) is 20.7 Å². The Hall–Kier alpha value is -5.06. The molecule has 216 valence electrons. The number of aryl methyl sites for hydroxylation is 1. The average molecular weight is 564 g/mol. The third-order valence-corrected chi connectivity index (χ3v) is 6.33. The van der Waals surface area contributed by atoms with Crippen molar-refractivity contribution in [1.29, 1.82) is 0 Å². The number of esters is 2. The van der Waals surface area contributed by atoms with Crippen molar-refractivity contribution in [3.63, 3.8) is 0 Å². The zero-order chi connectivity index (χ0) is 30.1. The number of carbonyl (C=O) groups excluding carboxylic acids is 4. The molecule has 3 amide bonds. The van der Waals surface area contributed by atoms with Crippen LogP contribution in [0.5, 0.6) is 11.5 Å². The van der Waals surface area contributed by atoms with Crippen molar-refractivity contribution in [2.75, 3.05) is 46.4 Å². The van der Waals surface area contributed by atoms with Crippen molar-refractivity contribution in [3.8, 4) is 11.5 Å². The summed E-state index contributed by atoms with van der Waals surface area (Å²) < 4.78 is 20.8. The molecule has 0 spiro atoms. The van der Waals surface area contributed by atoms with Crippen molar-refractivity contribution in [2.24, 2.45) is 5.73 Å². The van der Waals surface area contributed by atoms with Crippen molar-refractivity contribution >= 4 is 35.3 Å². The van der Waals surface area contributed by atoms with Crippen molar-refractivity contribution in [1.82, 2.24) is 4.90 Å². The zero-order valence-electron chi connectivity index (χ0n) is 23.6. The molecule has 0 bridgehead atoms. The van der Waals surface area contributed by atoms with Gasteiger partial charge in [-0.3, -0.25) is 9.69 Å². The molecule has 41 heavy (non-hydrogen) atoms. The van der Waals surface area contributed by atoms with Crippen LogP contribution in [0.1, 0.15) is 31.8 Å². The molecule has 2 N–H and O–H groups in total. The Morgan fingerprint density at radius 1 is 0.829 bits per heavy atom. The largest absolute Gasteiger partial charge is 0.495 e. The van der Waals surface area contributed by atoms with Gasteiger partial charge in [-0.15, -0.1) is 0 Å². The molecular formula is C30H33N3O8. The van der Waals surface area contributed by atoms with Gasteiger partial charge in [-0.2, -0.15) is 0 Å². The number of nitrogens with zero attached hydrogens (tertiary/aromatic N) is 2. The van der Waals surface area contributed by atoms with E-state index in [0.29, 0.717) is 22.7 Å². The smallest absolute Gasteiger partial charge is 0.341 e. The van der Waals surface area contributed by atoms with Gasteiger partial charge < -0.3 is 29.6 Å². The molecule has 0 aliphatic rings. The molecular weight excluding hydrogens is 530 g/mol. The van der Waals surface area contributed by atoms with Gasteiger partial charge in [-0.05, 0) is 54.4 Å². The Balaban J connectivity index is 1.69. The molecule has 0 heterocycles. The fourth-order valence-electron chi connectivity index (χ4n) is 4.10. The number of hydrogen-bond donors (Lipinski definition) is 1. The van der Waals surface area contributed by atoms with Gasteiger partial charge in [0.2, 0.25) is 5.91 Å². The topological polar surface area (TPSA) is 138 Å². The predicted molar refractivity (Wildman–Crippen MR) is 152 cm³/mol. The van der Waals surface area contributed by atoms with Crippen LogP contribution in [0.15, 0.2) is 60.7 Å². The van der Waals surface area contributed by atoms with E-state index >= 15 is 0 Å². The molecule has 0 fully saturated rings. The van der Waals surface area contributed by atoms with Gasteiger partial charge in [0.15, 0.2) is 0 Å². The zero-order valence-corrected chi connectivity index (χ0v) is 23.6. The molecule has 0 aromatic heterocycles. The van der Waals surface area contributed by atoms with Crippen LogP contribution in [0.2, 0.25) is 0 Å². The van der Waals surface area contributed by atoms with Crippen molar-refractivity contribution in [3.05, 3.63) is 82.9 Å². The van der Waals surface area contributed by atoms with E-state index in [4.69, 9.17) is 24.7 Å². The third-order valence-electron chi connectivity index (χ3n) is 6.33. The van der Waals surface area contributed by atoms with Crippen LogP contribution in [-0.4, -0.2) is 70.3 Å². The Kier molecular flexibility index (Phi) is 10.3. The first-order chi connectivity index (χ1) is 19.6. The fraction of sp³-hybridized carbons (Fsp3) is 0.267. The van der Waals surface area contributed by atoms with E-state index in [0.717, 1.165) is 5.56 Å². The minimum absolute atomic E-state index is 0.0623. The number of methoxy groups -OCH3 is 3. The van der Waals surface area contributed by atoms with Gasteiger partial charge in [-0.1, -0.05) is 24.3 Å². The molecule has 3 aromatic carbocycles. The van der Waals surface area contributed by atoms with Crippen molar-refractivity contribution in [2.45, 2.75) is 13.3 Å². The molecule has 0 atom stereocenters. The molecule has 11 nitrogen and oxygen atoms in total. The molecule has 0 unspecified atom stereocenters. The summed E-state index contributed by atoms with van der Waals surface area (Å²) in [7, 11) is 5.57. The number of hydrogen-bond acceptors (Lipinski definition) is 8. The number of amides is 3. The SMILES string of the molecule is COC(=O)c1ccc(OCCN(C)C(=O)Cc2ccc(N(C(N)=O)c3ccccc3C)c(OC)c2)c(C(=O)OC)c1. The Labute approximate surface area is 238 Å². The van der Waals surface area contributed by atoms with Gasteiger partial charge in [0, 0.05) is 7.05 Å². The number of benzene rings is 3. The third kappa shape index (κ3) is 7.33. The lowest BCUT2D eigenvalue weighted by Gasteiger charge is -2.25. The summed E-state index contributed by atoms with van der Waals surface area (Å²) in [6, 6.07) is 16.1. The lowest BCUT2D eigenvalue weighted by atomic mass is 10.1. The Morgan fingerprint density at radius 3 is 2.17 bits per heavy atom. The van der Waals surface area contributed by atoms with Crippen LogP contribution in [0.25, 0.3) is 0 Å². The lowest BCUT2D eigenvalue weighted by molar-refractivity contribution is -0.129. The maximum absolute atomic E-state index is 12.9. The highest BCUT2D eigenvalue weighted by Crippen LogP contribution is 2.36. The molecule has 0 radical (unpaired) electrons. The monoisotopic (exact) mass is 563 g/mol. The summed E-state index contributed by atoms with van der Waals surface area (Å²) in [5.41, 5.74) is 8.55. The molecule has 0 aliphatic carbocycles. The van der Waals surface area contributed by atoms with Crippen LogP contribution < -0.4 is 20.1 Å². The highest BCUT2D eigenvalue weighted by atomic mass is 16.5. The Bertz CT molecular complexity index is 1440. The van der Waals surface area contributed by atoms with E-state index in [1.54, 1.807) is 31.3 Å². The van der Waals surface area contributed by atoms with Gasteiger partial charge in [0.05, 0.1) is 51.2 Å². The number of para-hydroxylation sites is 1. The quantitative estimate of drug-likeness (QED) is 0.347. The van der Waals surface area contributed by atoms with E-state index in [9.17, 15) is 19.2 Å². The average Bonchev–Trinajstić information content (AvgIpc) is 2.97. The van der Waals surface area contributed by atoms with E-state index in [-0.39, 0.29) is 42.4 Å². The molecule has 0 saturated carbocycles. The second-order valence-electron chi connectivity index (χ2n) is 9.00. The number of anilines is 2. The maximum Gasteiger partial charge on any atom is 0.341 e. The molecule has 3 rings (SSSR count). The summed E-state index contributed by atoms with van der Waals surface area (Å²) in [6.45, 7) is 2.17. The van der Waals surface area contributed by atoms with Gasteiger partial charge in [-0.25, -0.2) is 14.4 Å². The second kappa shape index (κ2) is 13.8. The number of carbonyl (C=O) groups is 4. The van der Waals surface area contributed by atoms with Crippen LogP contribution in [0.4, 0.5) is 16.2 Å². The van der Waals surface area contributed by atoms with E-state index in [2.05, 4.69) is 0 Å². The first kappa shape index (κ1) is 30.5. The number of primary amides is 1. The summed E-state index contributed by atoms with van der Waals surface area (Å²) >= 11 is 0. The number of rotatable bonds is 11. The lowest BCUT2D eigenvalue weighted by Crippen LogP contribution is -2.33. The molecule has 0 aliphatic heterocycles. The first-order valence-electron chi connectivity index (χ1n) is 12.6. The number of ether oxygens (including phenoxy) is 4. The van der Waals surface area contributed by atoms with Crippen molar-refractivity contribution < 1.29 is 38.1 Å². The van der Waals surface area contributed by atoms with E-state index < -0.39 is 18.0 Å². The summed E-state index contributed by atoms with van der Waals surface area (Å²) in [5.74, 6) is -0.880. The standard InChI is InChI=1S/C30H33N3O8/c1-19-8-6-7-9-23(19)33(30(31)37)24-12-10-20(16-26(24)38-3)17-27(34)32(2)14-15-41-25-13-11-21(28(35)39-4)18-22(25)29(36)40-5/h6-13,16,18H,14-15,17H2,1-5H3,(H2,31,37). The summed E-state index contributed by atoms with van der Waals surface area (Å²) in [6.07, 6.45) is 0.0648. The van der Waals surface area contributed by atoms with Crippen LogP contribution in [0.3, 0.4) is 0 Å². The first-order valence-corrected chi connectivity index (χ1v) is 12.6. The highest BCUT2D eigenvalue weighted by molar-refractivity contribution is 6.01. The van der Waals surface area contributed by atoms with Crippen LogP contribution in [0, 0.1) is 6.92 Å². The maximum atomic E-state index is 12.9. The fourth-order valence-corrected chi connectivity index (χ4v) is 4.10. The number of nitrogens with two attached hydrogens (primary N) is 1. The van der Waals surface area contributed by atoms with Gasteiger partial charge in [0.1, 0.15) is 23.7 Å². The Morgan fingerprint density at radius 2 is 1.54 bits per heavy atom. The molecule has 11 heteroatoms. The highest BCUT2D eigenvalue weighted by Gasteiger charge is 2.22. The second-order valence-corrected chi connectivity index (χ2v) is 9.00. The summed E-state index contributed by atoms with van der Waals surface area (Å²) in [4.78, 5) is 52.2. The van der Waals surface area contributed by atoms with Crippen LogP contribution >= 0.6 is 0 Å². The van der Waals surface area contributed by atoms with E-state index in [1.807, 2.05) is 25.1 Å². The van der Waals surface area contributed by atoms with E-state index in [1.165, 1.54) is 49.3 Å². The normalized spacial score (nSPS) is 10.4. The summed E-state index contributed by atoms with van der Waals surface area (Å²) in [5, 5.41) is 0. The minimum Gasteiger partial charge on any atom is -0.495 e. The van der Waals surface area contributed by atoms with Gasteiger partial charge >= 0.3 is 18.0 Å². The number of likely N-dealkylation sites (N-methyl/N-ethyl adjacent to an activating group) is 1. The molecule has 3 aromatic rings. The molecule has 0 saturated heterocycles. The number of urea groups is 1. The van der Waals surface area contributed by atoms with Gasteiger partial charge in [0.25, 0.3) is 0 Å². The minimum atomic E-state index is -0.676.